The van der Waals surface area contributed by atoms with Crippen molar-refractivity contribution in [3.8, 4) is 17.1 Å². The highest BCUT2D eigenvalue weighted by atomic mass is 35.5. The predicted molar refractivity (Wildman–Crippen MR) is 114 cm³/mol. The molecule has 1 atom stereocenters. The van der Waals surface area contributed by atoms with Gasteiger partial charge in [-0.15, -0.1) is 0 Å². The van der Waals surface area contributed by atoms with Crippen LogP contribution < -0.4 is 5.32 Å². The number of nitrogens with one attached hydrogen (secondary N) is 1. The van der Waals surface area contributed by atoms with E-state index in [-0.39, 0.29) is 11.8 Å². The van der Waals surface area contributed by atoms with Gasteiger partial charge in [0.05, 0.1) is 16.9 Å². The van der Waals surface area contributed by atoms with Crippen LogP contribution in [-0.4, -0.2) is 32.4 Å². The van der Waals surface area contributed by atoms with Crippen molar-refractivity contribution >= 4 is 17.5 Å². The standard InChI is InChI=1S/C22H20ClN5O2/c1-14(16-6-4-3-5-7-16)12-24-21(29)22-25-20(27-30-22)19-13-28(26-15(19)2)18-10-8-17(23)9-11-18/h3-11,13-14H,12H2,1-2H3,(H,24,29)/t14-/m0/s1. The molecule has 2 aromatic heterocycles. The first-order chi connectivity index (χ1) is 14.5. The number of aryl methyl sites for hydroxylation is 1. The third-order valence-electron chi connectivity index (χ3n) is 4.79. The summed E-state index contributed by atoms with van der Waals surface area (Å²) < 4.78 is 6.88. The molecule has 0 unspecified atom stereocenters. The quantitative estimate of drug-likeness (QED) is 0.498. The van der Waals surface area contributed by atoms with Gasteiger partial charge in [0.15, 0.2) is 0 Å². The molecule has 0 fully saturated rings. The first-order valence-corrected chi connectivity index (χ1v) is 9.88. The summed E-state index contributed by atoms with van der Waals surface area (Å²) in [5.41, 5.74) is 3.40. The molecule has 2 heterocycles. The lowest BCUT2D eigenvalue weighted by molar-refractivity contribution is 0.0908. The fraction of sp³-hybridized carbons (Fsp3) is 0.182. The predicted octanol–water partition coefficient (Wildman–Crippen LogP) is 4.42. The highest BCUT2D eigenvalue weighted by Crippen LogP contribution is 2.22. The van der Waals surface area contributed by atoms with E-state index in [1.807, 2.05) is 56.3 Å². The van der Waals surface area contributed by atoms with Crippen LogP contribution in [0.25, 0.3) is 17.1 Å². The van der Waals surface area contributed by atoms with E-state index >= 15 is 0 Å². The summed E-state index contributed by atoms with van der Waals surface area (Å²) >= 11 is 5.94. The monoisotopic (exact) mass is 421 g/mol. The van der Waals surface area contributed by atoms with Gasteiger partial charge in [-0.2, -0.15) is 10.1 Å². The Bertz CT molecular complexity index is 1150. The van der Waals surface area contributed by atoms with E-state index in [2.05, 4.69) is 20.6 Å². The third kappa shape index (κ3) is 4.26. The van der Waals surface area contributed by atoms with Crippen LogP contribution in [0.2, 0.25) is 5.02 Å². The van der Waals surface area contributed by atoms with Gasteiger partial charge < -0.3 is 9.84 Å². The van der Waals surface area contributed by atoms with Crippen LogP contribution in [-0.2, 0) is 0 Å². The lowest BCUT2D eigenvalue weighted by Crippen LogP contribution is -2.27. The molecule has 0 spiro atoms. The summed E-state index contributed by atoms with van der Waals surface area (Å²) in [6.45, 7) is 4.36. The van der Waals surface area contributed by atoms with Crippen molar-refractivity contribution in [2.75, 3.05) is 6.54 Å². The Hall–Kier alpha value is -3.45. The lowest BCUT2D eigenvalue weighted by Gasteiger charge is -2.11. The number of benzene rings is 2. The molecule has 30 heavy (non-hydrogen) atoms. The average molecular weight is 422 g/mol. The number of halogens is 1. The minimum Gasteiger partial charge on any atom is -0.347 e. The molecule has 4 rings (SSSR count). The molecule has 0 aliphatic rings. The average Bonchev–Trinajstić information content (AvgIpc) is 3.40. The van der Waals surface area contributed by atoms with Gasteiger partial charge in [0, 0.05) is 17.8 Å². The zero-order valence-electron chi connectivity index (χ0n) is 16.5. The van der Waals surface area contributed by atoms with Crippen molar-refractivity contribution in [1.29, 1.82) is 0 Å². The van der Waals surface area contributed by atoms with Crippen LogP contribution >= 0.6 is 11.6 Å². The van der Waals surface area contributed by atoms with Crippen LogP contribution in [0.1, 0.15) is 34.8 Å². The van der Waals surface area contributed by atoms with E-state index in [9.17, 15) is 4.79 Å². The Morgan fingerprint density at radius 2 is 1.90 bits per heavy atom. The number of aromatic nitrogens is 4. The fourth-order valence-corrected chi connectivity index (χ4v) is 3.18. The zero-order chi connectivity index (χ0) is 21.1. The van der Waals surface area contributed by atoms with Gasteiger partial charge in [0.2, 0.25) is 5.82 Å². The molecule has 152 valence electrons. The maximum absolute atomic E-state index is 12.4. The van der Waals surface area contributed by atoms with Crippen LogP contribution in [0.3, 0.4) is 0 Å². The van der Waals surface area contributed by atoms with Crippen molar-refractivity contribution in [3.05, 3.63) is 83.0 Å². The smallest absolute Gasteiger partial charge is 0.316 e. The summed E-state index contributed by atoms with van der Waals surface area (Å²) in [4.78, 5) is 16.7. The topological polar surface area (TPSA) is 85.8 Å². The number of hydrogen-bond donors (Lipinski definition) is 1. The minimum atomic E-state index is -0.403. The highest BCUT2D eigenvalue weighted by Gasteiger charge is 2.20. The maximum Gasteiger partial charge on any atom is 0.316 e. The Morgan fingerprint density at radius 3 is 2.63 bits per heavy atom. The van der Waals surface area contributed by atoms with Gasteiger partial charge in [-0.3, -0.25) is 4.79 Å². The molecule has 8 heteroatoms. The molecule has 0 radical (unpaired) electrons. The molecular weight excluding hydrogens is 402 g/mol. The molecule has 0 bridgehead atoms. The first kappa shape index (κ1) is 19.8. The largest absolute Gasteiger partial charge is 0.347 e. The van der Waals surface area contributed by atoms with E-state index in [0.29, 0.717) is 23.0 Å². The van der Waals surface area contributed by atoms with E-state index in [4.69, 9.17) is 16.1 Å². The Balaban J connectivity index is 1.46. The number of carbonyl (C=O) groups is 1. The van der Waals surface area contributed by atoms with Gasteiger partial charge in [-0.1, -0.05) is 54.0 Å². The Labute approximate surface area is 178 Å². The van der Waals surface area contributed by atoms with Gasteiger partial charge in [0.1, 0.15) is 0 Å². The summed E-state index contributed by atoms with van der Waals surface area (Å²) in [7, 11) is 0. The SMILES string of the molecule is Cc1nn(-c2ccc(Cl)cc2)cc1-c1noc(C(=O)NC[C@H](C)c2ccccc2)n1. The van der Waals surface area contributed by atoms with Crippen molar-refractivity contribution < 1.29 is 9.32 Å². The summed E-state index contributed by atoms with van der Waals surface area (Å²) in [6, 6.07) is 17.3. The first-order valence-electron chi connectivity index (χ1n) is 9.50. The van der Waals surface area contributed by atoms with Crippen LogP contribution in [0.5, 0.6) is 0 Å². The van der Waals surface area contributed by atoms with Gasteiger partial charge in [-0.25, -0.2) is 4.68 Å². The molecule has 1 N–H and O–H groups in total. The van der Waals surface area contributed by atoms with Crippen LogP contribution in [0.15, 0.2) is 65.3 Å². The van der Waals surface area contributed by atoms with E-state index in [0.717, 1.165) is 16.9 Å². The van der Waals surface area contributed by atoms with E-state index in [1.165, 1.54) is 0 Å². The molecular formula is C22H20ClN5O2. The Kier molecular flexibility index (Phi) is 5.63. The number of amides is 1. The minimum absolute atomic E-state index is 0.0797. The maximum atomic E-state index is 12.4. The highest BCUT2D eigenvalue weighted by molar-refractivity contribution is 6.30. The second kappa shape index (κ2) is 8.51. The number of rotatable bonds is 6. The molecule has 4 aromatic rings. The second-order valence-corrected chi connectivity index (χ2v) is 7.43. The normalized spacial score (nSPS) is 12.0. The van der Waals surface area contributed by atoms with Crippen LogP contribution in [0.4, 0.5) is 0 Å². The van der Waals surface area contributed by atoms with Crippen molar-refractivity contribution in [2.45, 2.75) is 19.8 Å². The second-order valence-electron chi connectivity index (χ2n) is 6.99. The molecule has 0 aliphatic heterocycles. The number of hydrogen-bond acceptors (Lipinski definition) is 5. The molecule has 1 amide bonds. The number of nitrogens with zero attached hydrogens (tertiary/aromatic N) is 4. The van der Waals surface area contributed by atoms with E-state index in [1.54, 1.807) is 23.0 Å². The van der Waals surface area contributed by atoms with Crippen molar-refractivity contribution in [2.24, 2.45) is 0 Å². The van der Waals surface area contributed by atoms with E-state index < -0.39 is 5.91 Å². The number of carbonyl (C=O) groups excluding carboxylic acids is 1. The van der Waals surface area contributed by atoms with Gasteiger partial charge >= 0.3 is 11.8 Å². The van der Waals surface area contributed by atoms with Crippen LogP contribution in [0, 0.1) is 6.92 Å². The molecule has 0 saturated carbocycles. The third-order valence-corrected chi connectivity index (χ3v) is 5.04. The summed E-state index contributed by atoms with van der Waals surface area (Å²) in [6.07, 6.45) is 1.79. The van der Waals surface area contributed by atoms with Crippen molar-refractivity contribution in [1.82, 2.24) is 25.2 Å². The molecule has 2 aromatic carbocycles. The molecule has 0 saturated heterocycles. The lowest BCUT2D eigenvalue weighted by atomic mass is 10.0. The fourth-order valence-electron chi connectivity index (χ4n) is 3.05. The van der Waals surface area contributed by atoms with Crippen molar-refractivity contribution in [3.63, 3.8) is 0 Å². The van der Waals surface area contributed by atoms with Gasteiger partial charge in [-0.05, 0) is 42.7 Å². The summed E-state index contributed by atoms with van der Waals surface area (Å²) in [5, 5.41) is 11.9. The molecule has 0 aliphatic carbocycles. The van der Waals surface area contributed by atoms with Gasteiger partial charge in [0.25, 0.3) is 0 Å². The summed E-state index contributed by atoms with van der Waals surface area (Å²) in [5.74, 6) is -0.00505. The zero-order valence-corrected chi connectivity index (χ0v) is 17.3. The Morgan fingerprint density at radius 1 is 1.17 bits per heavy atom. The molecule has 7 nitrogen and oxygen atoms in total.